The van der Waals surface area contributed by atoms with Crippen LogP contribution >= 0.6 is 31.9 Å². The van der Waals surface area contributed by atoms with Crippen LogP contribution < -0.4 is 0 Å². The average Bonchev–Trinajstić information content (AvgIpc) is 2.31. The van der Waals surface area contributed by atoms with E-state index in [1.54, 1.807) is 0 Å². The van der Waals surface area contributed by atoms with Gasteiger partial charge in [0.1, 0.15) is 0 Å². The third-order valence-corrected chi connectivity index (χ3v) is 3.15. The summed E-state index contributed by atoms with van der Waals surface area (Å²) < 4.78 is 5.57. The zero-order valence-electron chi connectivity index (χ0n) is 5.85. The van der Waals surface area contributed by atoms with Crippen LogP contribution in [0.4, 0.5) is 0 Å². The highest BCUT2D eigenvalue weighted by Crippen LogP contribution is 2.27. The summed E-state index contributed by atoms with van der Waals surface area (Å²) in [7, 11) is 0. The van der Waals surface area contributed by atoms with Gasteiger partial charge in [0, 0.05) is 10.2 Å². The third kappa shape index (κ3) is 2.51. The Labute approximate surface area is 78.8 Å². The van der Waals surface area contributed by atoms with E-state index in [4.69, 9.17) is 4.74 Å². The molecule has 1 aliphatic rings. The van der Waals surface area contributed by atoms with Gasteiger partial charge in [-0.15, -0.1) is 0 Å². The molecule has 1 fully saturated rings. The van der Waals surface area contributed by atoms with Crippen LogP contribution in [0.15, 0.2) is 0 Å². The van der Waals surface area contributed by atoms with Crippen molar-refractivity contribution in [2.45, 2.75) is 30.2 Å². The van der Waals surface area contributed by atoms with Crippen LogP contribution in [-0.4, -0.2) is 22.9 Å². The van der Waals surface area contributed by atoms with Crippen molar-refractivity contribution in [2.75, 3.05) is 11.9 Å². The lowest BCUT2D eigenvalue weighted by atomic mass is 10.3. The van der Waals surface area contributed by atoms with E-state index in [-0.39, 0.29) is 0 Å². The van der Waals surface area contributed by atoms with Crippen molar-refractivity contribution in [1.29, 1.82) is 0 Å². The molecular weight excluding hydrogens is 260 g/mol. The van der Waals surface area contributed by atoms with Crippen molar-refractivity contribution in [3.8, 4) is 0 Å². The van der Waals surface area contributed by atoms with E-state index in [1.165, 1.54) is 19.3 Å². The Balaban J connectivity index is 2.14. The molecule has 0 radical (unpaired) electrons. The number of hydrogen-bond acceptors (Lipinski definition) is 1. The van der Waals surface area contributed by atoms with Crippen molar-refractivity contribution in [3.63, 3.8) is 0 Å². The summed E-state index contributed by atoms with van der Waals surface area (Å²) >= 11 is 6.93. The van der Waals surface area contributed by atoms with Crippen LogP contribution in [-0.2, 0) is 4.74 Å². The molecule has 10 heavy (non-hydrogen) atoms. The van der Waals surface area contributed by atoms with Gasteiger partial charge in [-0.2, -0.15) is 0 Å². The average molecular weight is 272 g/mol. The second-order valence-electron chi connectivity index (χ2n) is 2.55. The van der Waals surface area contributed by atoms with Crippen molar-refractivity contribution < 1.29 is 4.74 Å². The predicted octanol–water partition coefficient (Wildman–Crippen LogP) is 2.71. The number of ether oxygens (including phenoxy) is 1. The van der Waals surface area contributed by atoms with Gasteiger partial charge in [0.15, 0.2) is 0 Å². The Morgan fingerprint density at radius 2 is 2.20 bits per heavy atom. The number of rotatable bonds is 3. The molecule has 0 N–H and O–H groups in total. The first-order valence-corrected chi connectivity index (χ1v) is 5.70. The molecule has 1 saturated carbocycles. The van der Waals surface area contributed by atoms with Crippen LogP contribution in [0.25, 0.3) is 0 Å². The Morgan fingerprint density at radius 3 is 2.70 bits per heavy atom. The first kappa shape index (κ1) is 9.01. The van der Waals surface area contributed by atoms with Gasteiger partial charge in [-0.25, -0.2) is 0 Å². The molecular formula is C7H12Br2O. The van der Waals surface area contributed by atoms with E-state index < -0.39 is 0 Å². The third-order valence-electron chi connectivity index (χ3n) is 1.78. The molecule has 0 aromatic rings. The topological polar surface area (TPSA) is 9.23 Å². The summed E-state index contributed by atoms with van der Waals surface area (Å²) in [4.78, 5) is 0.603. The van der Waals surface area contributed by atoms with E-state index in [9.17, 15) is 0 Å². The Kier molecular flexibility index (Phi) is 4.26. The molecule has 0 heterocycles. The Hall–Kier alpha value is 0.920. The summed E-state index contributed by atoms with van der Waals surface area (Å²) in [5, 5.41) is 0.948. The zero-order chi connectivity index (χ0) is 7.40. The molecule has 60 valence electrons. The van der Waals surface area contributed by atoms with Crippen molar-refractivity contribution in [1.82, 2.24) is 0 Å². The number of halogens is 2. The lowest BCUT2D eigenvalue weighted by Gasteiger charge is -2.13. The maximum absolute atomic E-state index is 5.57. The normalized spacial score (nSPS) is 33.0. The molecule has 0 bridgehead atoms. The Morgan fingerprint density at radius 1 is 1.40 bits per heavy atom. The molecule has 0 spiro atoms. The fourth-order valence-electron chi connectivity index (χ4n) is 1.26. The smallest absolute Gasteiger partial charge is 0.0700 e. The quantitative estimate of drug-likeness (QED) is 0.718. The van der Waals surface area contributed by atoms with Crippen LogP contribution in [0.3, 0.4) is 0 Å². The largest absolute Gasteiger partial charge is 0.376 e. The zero-order valence-corrected chi connectivity index (χ0v) is 9.03. The van der Waals surface area contributed by atoms with Gasteiger partial charge in [0.25, 0.3) is 0 Å². The fourth-order valence-corrected chi connectivity index (χ4v) is 2.19. The van der Waals surface area contributed by atoms with Gasteiger partial charge >= 0.3 is 0 Å². The van der Waals surface area contributed by atoms with Gasteiger partial charge in [-0.05, 0) is 19.3 Å². The highest BCUT2D eigenvalue weighted by molar-refractivity contribution is 9.09. The second-order valence-corrected chi connectivity index (χ2v) is 4.51. The van der Waals surface area contributed by atoms with Crippen LogP contribution in [0.2, 0.25) is 0 Å². The molecule has 0 aromatic heterocycles. The summed E-state index contributed by atoms with van der Waals surface area (Å²) in [5.41, 5.74) is 0. The minimum Gasteiger partial charge on any atom is -0.376 e. The highest BCUT2D eigenvalue weighted by atomic mass is 79.9. The molecule has 0 amide bonds. The van der Waals surface area contributed by atoms with Crippen molar-refractivity contribution in [3.05, 3.63) is 0 Å². The van der Waals surface area contributed by atoms with Crippen LogP contribution in [0, 0.1) is 0 Å². The van der Waals surface area contributed by atoms with E-state index in [0.717, 1.165) is 11.9 Å². The lowest BCUT2D eigenvalue weighted by Crippen LogP contribution is -2.18. The van der Waals surface area contributed by atoms with Gasteiger partial charge < -0.3 is 4.74 Å². The molecule has 2 atom stereocenters. The summed E-state index contributed by atoms with van der Waals surface area (Å²) in [5.74, 6) is 0. The molecule has 0 aromatic carbocycles. The molecule has 2 unspecified atom stereocenters. The molecule has 1 rings (SSSR count). The van der Waals surface area contributed by atoms with E-state index in [1.807, 2.05) is 0 Å². The molecule has 1 aliphatic carbocycles. The van der Waals surface area contributed by atoms with Gasteiger partial charge in [0.2, 0.25) is 0 Å². The van der Waals surface area contributed by atoms with Gasteiger partial charge in [0.05, 0.1) is 12.7 Å². The van der Waals surface area contributed by atoms with Crippen LogP contribution in [0.5, 0.6) is 0 Å². The second kappa shape index (κ2) is 4.73. The van der Waals surface area contributed by atoms with Crippen molar-refractivity contribution >= 4 is 31.9 Å². The highest BCUT2D eigenvalue weighted by Gasteiger charge is 2.24. The van der Waals surface area contributed by atoms with Crippen molar-refractivity contribution in [2.24, 2.45) is 0 Å². The Bertz CT molecular complexity index is 97.6. The first-order valence-electron chi connectivity index (χ1n) is 3.66. The maximum Gasteiger partial charge on any atom is 0.0700 e. The molecule has 3 heteroatoms. The minimum atomic E-state index is 0.470. The standard InChI is InChI=1S/C7H12Br2O/c8-4-5-10-7-3-1-2-6(7)9/h6-7H,1-5H2. The molecule has 0 aliphatic heterocycles. The summed E-state index contributed by atoms with van der Waals surface area (Å²) in [6.45, 7) is 0.840. The fraction of sp³-hybridized carbons (Fsp3) is 1.00. The van der Waals surface area contributed by atoms with Gasteiger partial charge in [-0.1, -0.05) is 31.9 Å². The molecule has 1 nitrogen and oxygen atoms in total. The monoisotopic (exact) mass is 270 g/mol. The van der Waals surface area contributed by atoms with Gasteiger partial charge in [-0.3, -0.25) is 0 Å². The number of alkyl halides is 2. The first-order chi connectivity index (χ1) is 4.84. The summed E-state index contributed by atoms with van der Waals surface area (Å²) in [6, 6.07) is 0. The maximum atomic E-state index is 5.57. The lowest BCUT2D eigenvalue weighted by molar-refractivity contribution is 0.0755. The van der Waals surface area contributed by atoms with Crippen LogP contribution in [0.1, 0.15) is 19.3 Å². The summed E-state index contributed by atoms with van der Waals surface area (Å²) in [6.07, 6.45) is 4.27. The minimum absolute atomic E-state index is 0.470. The SMILES string of the molecule is BrCCOC1CCCC1Br. The van der Waals surface area contributed by atoms with E-state index >= 15 is 0 Å². The predicted molar refractivity (Wildman–Crippen MR) is 50.1 cm³/mol. The number of hydrogen-bond donors (Lipinski definition) is 0. The molecule has 0 saturated heterocycles. The van der Waals surface area contributed by atoms with E-state index in [2.05, 4.69) is 31.9 Å². The van der Waals surface area contributed by atoms with E-state index in [0.29, 0.717) is 10.9 Å².